The Morgan fingerprint density at radius 3 is 2.62 bits per heavy atom. The summed E-state index contributed by atoms with van der Waals surface area (Å²) in [5.74, 6) is -0.337. The van der Waals surface area contributed by atoms with Crippen LogP contribution >= 0.6 is 11.3 Å². The maximum absolute atomic E-state index is 13.6. The van der Waals surface area contributed by atoms with Crippen LogP contribution in [0.15, 0.2) is 29.6 Å². The summed E-state index contributed by atoms with van der Waals surface area (Å²) in [7, 11) is 0. The molecule has 0 radical (unpaired) electrons. The molecule has 0 aliphatic rings. The predicted octanol–water partition coefficient (Wildman–Crippen LogP) is 4.07. The number of Topliss-reactive ketones (excluding diaryl/α,β-unsaturated/α-hetero) is 1. The largest absolute Gasteiger partial charge is 0.295 e. The zero-order valence-electron chi connectivity index (χ0n) is 9.08. The minimum absolute atomic E-state index is 0.0480. The van der Waals surface area contributed by atoms with E-state index in [0.29, 0.717) is 11.1 Å². The Hall–Kier alpha value is -1.48. The van der Waals surface area contributed by atoms with Crippen LogP contribution in [0.4, 0.5) is 4.39 Å². The second-order valence-corrected chi connectivity index (χ2v) is 4.81. The van der Waals surface area contributed by atoms with Crippen molar-refractivity contribution in [2.24, 2.45) is 0 Å². The number of hydrogen-bond acceptors (Lipinski definition) is 2. The fourth-order valence-corrected chi connectivity index (χ4v) is 2.25. The molecule has 0 saturated heterocycles. The second-order valence-electron chi connectivity index (χ2n) is 3.70. The number of carbonyl (C=O) groups is 1. The van der Waals surface area contributed by atoms with Gasteiger partial charge in [-0.2, -0.15) is 0 Å². The first-order chi connectivity index (χ1) is 7.58. The van der Waals surface area contributed by atoms with E-state index in [-0.39, 0.29) is 11.6 Å². The van der Waals surface area contributed by atoms with Crippen LogP contribution in [0.25, 0.3) is 11.1 Å². The molecular formula is C13H11FOS. The number of ketones is 1. The Labute approximate surface area is 97.6 Å². The first kappa shape index (κ1) is 11.0. The number of halogens is 1. The SMILES string of the molecule is CC(=O)c1ccc(F)c(-c2csc(C)c2)c1. The van der Waals surface area contributed by atoms with E-state index in [1.54, 1.807) is 17.4 Å². The van der Waals surface area contributed by atoms with E-state index < -0.39 is 0 Å². The molecule has 1 aromatic heterocycles. The first-order valence-electron chi connectivity index (χ1n) is 4.94. The van der Waals surface area contributed by atoms with Gasteiger partial charge >= 0.3 is 0 Å². The summed E-state index contributed by atoms with van der Waals surface area (Å²) in [5, 5.41) is 1.90. The fourth-order valence-electron chi connectivity index (χ4n) is 1.55. The summed E-state index contributed by atoms with van der Waals surface area (Å²) in [6.07, 6.45) is 0. The van der Waals surface area contributed by atoms with Gasteiger partial charge in [0, 0.05) is 16.0 Å². The maximum atomic E-state index is 13.6. The Morgan fingerprint density at radius 2 is 2.06 bits per heavy atom. The molecule has 16 heavy (non-hydrogen) atoms. The van der Waals surface area contributed by atoms with Crippen molar-refractivity contribution < 1.29 is 9.18 Å². The molecule has 2 rings (SSSR count). The summed E-state index contributed by atoms with van der Waals surface area (Å²) in [6, 6.07) is 6.39. The van der Waals surface area contributed by atoms with Crippen LogP contribution in [0.1, 0.15) is 22.2 Å². The number of rotatable bonds is 2. The normalized spacial score (nSPS) is 10.4. The van der Waals surface area contributed by atoms with Gasteiger partial charge in [-0.05, 0) is 49.1 Å². The number of thiophene rings is 1. The van der Waals surface area contributed by atoms with E-state index in [1.165, 1.54) is 19.1 Å². The van der Waals surface area contributed by atoms with Crippen LogP contribution in [-0.4, -0.2) is 5.78 Å². The molecule has 0 fully saturated rings. The van der Waals surface area contributed by atoms with Gasteiger partial charge in [0.15, 0.2) is 5.78 Å². The average Bonchev–Trinajstić information content (AvgIpc) is 2.65. The van der Waals surface area contributed by atoms with Gasteiger partial charge in [0.05, 0.1) is 0 Å². The van der Waals surface area contributed by atoms with Gasteiger partial charge in [-0.3, -0.25) is 4.79 Å². The molecule has 0 aliphatic heterocycles. The van der Waals surface area contributed by atoms with Crippen molar-refractivity contribution in [1.82, 2.24) is 0 Å². The van der Waals surface area contributed by atoms with E-state index >= 15 is 0 Å². The van der Waals surface area contributed by atoms with E-state index in [4.69, 9.17) is 0 Å². The smallest absolute Gasteiger partial charge is 0.159 e. The molecule has 1 aromatic carbocycles. The van der Waals surface area contributed by atoms with Gasteiger partial charge in [-0.25, -0.2) is 4.39 Å². The van der Waals surface area contributed by atoms with Crippen molar-refractivity contribution in [3.63, 3.8) is 0 Å². The molecule has 3 heteroatoms. The number of hydrogen-bond donors (Lipinski definition) is 0. The van der Waals surface area contributed by atoms with Crippen molar-refractivity contribution in [2.75, 3.05) is 0 Å². The van der Waals surface area contributed by atoms with Gasteiger partial charge in [0.2, 0.25) is 0 Å². The van der Waals surface area contributed by atoms with Gasteiger partial charge in [-0.15, -0.1) is 11.3 Å². The summed E-state index contributed by atoms with van der Waals surface area (Å²) in [4.78, 5) is 12.4. The molecule has 0 amide bonds. The Kier molecular flexibility index (Phi) is 2.88. The van der Waals surface area contributed by atoms with Crippen molar-refractivity contribution in [2.45, 2.75) is 13.8 Å². The minimum atomic E-state index is -0.289. The van der Waals surface area contributed by atoms with E-state index in [1.807, 2.05) is 18.4 Å². The zero-order valence-corrected chi connectivity index (χ0v) is 9.90. The number of carbonyl (C=O) groups excluding carboxylic acids is 1. The highest BCUT2D eigenvalue weighted by atomic mass is 32.1. The molecule has 2 aromatic rings. The standard InChI is InChI=1S/C13H11FOS/c1-8-5-11(7-16-8)12-6-10(9(2)15)3-4-13(12)14/h3-7H,1-2H3. The van der Waals surface area contributed by atoms with Crippen molar-refractivity contribution in [3.8, 4) is 11.1 Å². The Bertz CT molecular complexity index is 543. The third-order valence-corrected chi connectivity index (χ3v) is 3.28. The molecule has 1 nitrogen and oxygen atoms in total. The summed E-state index contributed by atoms with van der Waals surface area (Å²) >= 11 is 1.57. The lowest BCUT2D eigenvalue weighted by Crippen LogP contribution is -1.93. The monoisotopic (exact) mass is 234 g/mol. The highest BCUT2D eigenvalue weighted by molar-refractivity contribution is 7.10. The highest BCUT2D eigenvalue weighted by Crippen LogP contribution is 2.28. The number of aryl methyl sites for hydroxylation is 1. The molecule has 82 valence electrons. The second kappa shape index (κ2) is 4.18. The van der Waals surface area contributed by atoms with Crippen LogP contribution in [0.5, 0.6) is 0 Å². The van der Waals surface area contributed by atoms with E-state index in [9.17, 15) is 9.18 Å². The van der Waals surface area contributed by atoms with Gasteiger partial charge in [0.1, 0.15) is 5.82 Å². The van der Waals surface area contributed by atoms with Crippen molar-refractivity contribution in [1.29, 1.82) is 0 Å². The molecule has 0 bridgehead atoms. The topological polar surface area (TPSA) is 17.1 Å². The number of benzene rings is 1. The van der Waals surface area contributed by atoms with E-state index in [0.717, 1.165) is 10.4 Å². The molecule has 0 N–H and O–H groups in total. The lowest BCUT2D eigenvalue weighted by atomic mass is 10.0. The van der Waals surface area contributed by atoms with Gasteiger partial charge in [-0.1, -0.05) is 0 Å². The molecule has 0 aliphatic carbocycles. The van der Waals surface area contributed by atoms with Crippen LogP contribution in [0, 0.1) is 12.7 Å². The quantitative estimate of drug-likeness (QED) is 0.716. The third-order valence-electron chi connectivity index (χ3n) is 2.41. The van der Waals surface area contributed by atoms with Crippen molar-refractivity contribution in [3.05, 3.63) is 45.9 Å². The lowest BCUT2D eigenvalue weighted by Gasteiger charge is -2.02. The van der Waals surface area contributed by atoms with Crippen LogP contribution in [-0.2, 0) is 0 Å². The first-order valence-corrected chi connectivity index (χ1v) is 5.82. The molecule has 0 spiro atoms. The Morgan fingerprint density at radius 1 is 1.31 bits per heavy atom. The molecule has 0 atom stereocenters. The average molecular weight is 234 g/mol. The zero-order chi connectivity index (χ0) is 11.7. The fraction of sp³-hybridized carbons (Fsp3) is 0.154. The summed E-state index contributed by atoms with van der Waals surface area (Å²) in [5.41, 5.74) is 1.88. The minimum Gasteiger partial charge on any atom is -0.295 e. The van der Waals surface area contributed by atoms with Crippen LogP contribution < -0.4 is 0 Å². The molecule has 0 unspecified atom stereocenters. The summed E-state index contributed by atoms with van der Waals surface area (Å²) < 4.78 is 13.6. The maximum Gasteiger partial charge on any atom is 0.159 e. The van der Waals surface area contributed by atoms with Crippen LogP contribution in [0.2, 0.25) is 0 Å². The highest BCUT2D eigenvalue weighted by Gasteiger charge is 2.09. The Balaban J connectivity index is 2.55. The van der Waals surface area contributed by atoms with Crippen molar-refractivity contribution >= 4 is 17.1 Å². The molecular weight excluding hydrogens is 223 g/mol. The third kappa shape index (κ3) is 2.04. The molecule has 0 saturated carbocycles. The summed E-state index contributed by atoms with van der Waals surface area (Å²) in [6.45, 7) is 3.46. The lowest BCUT2D eigenvalue weighted by molar-refractivity contribution is 0.101. The van der Waals surface area contributed by atoms with Gasteiger partial charge in [0.25, 0.3) is 0 Å². The van der Waals surface area contributed by atoms with Gasteiger partial charge < -0.3 is 0 Å². The van der Waals surface area contributed by atoms with E-state index in [2.05, 4.69) is 0 Å². The predicted molar refractivity (Wildman–Crippen MR) is 64.5 cm³/mol. The molecule has 1 heterocycles. The van der Waals surface area contributed by atoms with Crippen LogP contribution in [0.3, 0.4) is 0 Å².